The van der Waals surface area contributed by atoms with Crippen LogP contribution in [-0.4, -0.2) is 37.6 Å². The topological polar surface area (TPSA) is 132 Å². The van der Waals surface area contributed by atoms with Crippen LogP contribution in [0.15, 0.2) is 18.2 Å². The Hall–Kier alpha value is -2.39. The molecule has 0 fully saturated rings. The molecule has 0 aliphatic carbocycles. The standard InChI is InChI=1S/C12H19N5O4/c1-21-5-4-15-12(18)2-3-14-9-6-10(16-13)8-11(7-9)17(19)20/h6-8,14,16H,2-5,13H2,1H3,(H,15,18). The maximum Gasteiger partial charge on any atom is 0.273 e. The molecule has 0 bridgehead atoms. The van der Waals surface area contributed by atoms with Gasteiger partial charge in [0.05, 0.1) is 17.2 Å². The molecular weight excluding hydrogens is 278 g/mol. The van der Waals surface area contributed by atoms with Crippen LogP contribution < -0.4 is 21.9 Å². The van der Waals surface area contributed by atoms with Crippen LogP contribution in [0.4, 0.5) is 17.1 Å². The highest BCUT2D eigenvalue weighted by Crippen LogP contribution is 2.23. The zero-order chi connectivity index (χ0) is 15.7. The van der Waals surface area contributed by atoms with E-state index in [0.717, 1.165) is 0 Å². The van der Waals surface area contributed by atoms with E-state index in [0.29, 0.717) is 31.1 Å². The van der Waals surface area contributed by atoms with E-state index in [4.69, 9.17) is 10.6 Å². The highest BCUT2D eigenvalue weighted by atomic mass is 16.6. The molecule has 0 aliphatic heterocycles. The number of non-ortho nitro benzene ring substituents is 1. The van der Waals surface area contributed by atoms with Gasteiger partial charge in [0.25, 0.3) is 5.69 Å². The summed E-state index contributed by atoms with van der Waals surface area (Å²) in [6.07, 6.45) is 0.248. The van der Waals surface area contributed by atoms with E-state index in [1.54, 1.807) is 13.2 Å². The molecule has 0 radical (unpaired) electrons. The normalized spacial score (nSPS) is 10.0. The number of hydrazine groups is 1. The number of nitrogen functional groups attached to an aromatic ring is 1. The number of amides is 1. The van der Waals surface area contributed by atoms with Gasteiger partial charge in [-0.1, -0.05) is 0 Å². The minimum absolute atomic E-state index is 0.0857. The third-order valence-electron chi connectivity index (χ3n) is 2.60. The zero-order valence-corrected chi connectivity index (χ0v) is 11.7. The first-order valence-electron chi connectivity index (χ1n) is 6.32. The summed E-state index contributed by atoms with van der Waals surface area (Å²) in [5.41, 5.74) is 3.20. The molecule has 0 aliphatic rings. The molecule has 1 aromatic rings. The van der Waals surface area contributed by atoms with Crippen LogP contribution in [-0.2, 0) is 9.53 Å². The molecule has 0 unspecified atom stereocenters. The van der Waals surface area contributed by atoms with E-state index in [2.05, 4.69) is 16.1 Å². The molecular formula is C12H19N5O4. The Kier molecular flexibility index (Phi) is 6.92. The average molecular weight is 297 g/mol. The van der Waals surface area contributed by atoms with Crippen molar-refractivity contribution in [1.29, 1.82) is 0 Å². The number of rotatable bonds is 9. The fourth-order valence-electron chi connectivity index (χ4n) is 1.60. The number of nitro benzene ring substituents is 1. The smallest absolute Gasteiger partial charge is 0.273 e. The second kappa shape index (κ2) is 8.72. The molecule has 1 amide bonds. The maximum absolute atomic E-state index is 11.5. The second-order valence-electron chi connectivity index (χ2n) is 4.19. The summed E-state index contributed by atoms with van der Waals surface area (Å²) in [7, 11) is 1.55. The van der Waals surface area contributed by atoms with Gasteiger partial charge in [-0.25, -0.2) is 0 Å². The van der Waals surface area contributed by atoms with Crippen LogP contribution >= 0.6 is 0 Å². The quantitative estimate of drug-likeness (QED) is 0.225. The van der Waals surface area contributed by atoms with Crippen molar-refractivity contribution < 1.29 is 14.5 Å². The molecule has 116 valence electrons. The predicted molar refractivity (Wildman–Crippen MR) is 78.9 cm³/mol. The summed E-state index contributed by atoms with van der Waals surface area (Å²) in [5.74, 6) is 5.13. The van der Waals surface area contributed by atoms with Gasteiger partial charge in [-0.3, -0.25) is 20.8 Å². The number of nitrogens with two attached hydrogens (primary N) is 1. The van der Waals surface area contributed by atoms with Crippen molar-refractivity contribution >= 4 is 23.0 Å². The van der Waals surface area contributed by atoms with Crippen molar-refractivity contribution in [2.24, 2.45) is 5.84 Å². The van der Waals surface area contributed by atoms with E-state index < -0.39 is 4.92 Å². The first-order chi connectivity index (χ1) is 10.1. The van der Waals surface area contributed by atoms with E-state index in [-0.39, 0.29) is 18.0 Å². The van der Waals surface area contributed by atoms with Crippen LogP contribution in [0, 0.1) is 10.1 Å². The summed E-state index contributed by atoms with van der Waals surface area (Å²) in [5, 5.41) is 16.4. The van der Waals surface area contributed by atoms with Gasteiger partial charge < -0.3 is 20.8 Å². The molecule has 0 aromatic heterocycles. The first kappa shape index (κ1) is 16.7. The van der Waals surface area contributed by atoms with Crippen LogP contribution in [0.1, 0.15) is 6.42 Å². The lowest BCUT2D eigenvalue weighted by molar-refractivity contribution is -0.384. The number of benzene rings is 1. The average Bonchev–Trinajstić information content (AvgIpc) is 2.47. The van der Waals surface area contributed by atoms with Crippen LogP contribution in [0.25, 0.3) is 0 Å². The van der Waals surface area contributed by atoms with Crippen molar-refractivity contribution in [2.75, 3.05) is 37.5 Å². The number of carbonyl (C=O) groups is 1. The highest BCUT2D eigenvalue weighted by Gasteiger charge is 2.09. The molecule has 9 heteroatoms. The zero-order valence-electron chi connectivity index (χ0n) is 11.7. The number of nitro groups is 1. The van der Waals surface area contributed by atoms with E-state index in [1.807, 2.05) is 0 Å². The van der Waals surface area contributed by atoms with Gasteiger partial charge >= 0.3 is 0 Å². The van der Waals surface area contributed by atoms with Crippen LogP contribution in [0.5, 0.6) is 0 Å². The molecule has 9 nitrogen and oxygen atoms in total. The molecule has 0 heterocycles. The van der Waals surface area contributed by atoms with Crippen molar-refractivity contribution in [2.45, 2.75) is 6.42 Å². The van der Waals surface area contributed by atoms with Gasteiger partial charge in [-0.2, -0.15) is 0 Å². The van der Waals surface area contributed by atoms with E-state index in [1.165, 1.54) is 12.1 Å². The van der Waals surface area contributed by atoms with Crippen molar-refractivity contribution in [3.63, 3.8) is 0 Å². The summed E-state index contributed by atoms with van der Waals surface area (Å²) in [6, 6.07) is 4.32. The molecule has 0 spiro atoms. The van der Waals surface area contributed by atoms with Gasteiger partial charge in [0.1, 0.15) is 0 Å². The maximum atomic E-state index is 11.5. The lowest BCUT2D eigenvalue weighted by Gasteiger charge is -2.09. The Bertz CT molecular complexity index is 495. The van der Waals surface area contributed by atoms with Crippen molar-refractivity contribution in [1.82, 2.24) is 5.32 Å². The Morgan fingerprint density at radius 1 is 1.33 bits per heavy atom. The van der Waals surface area contributed by atoms with Crippen LogP contribution in [0.2, 0.25) is 0 Å². The highest BCUT2D eigenvalue weighted by molar-refractivity contribution is 5.76. The third kappa shape index (κ3) is 6.06. The molecule has 0 atom stereocenters. The summed E-state index contributed by atoms with van der Waals surface area (Å²) in [6.45, 7) is 1.26. The summed E-state index contributed by atoms with van der Waals surface area (Å²) in [4.78, 5) is 21.7. The number of anilines is 2. The van der Waals surface area contributed by atoms with Crippen molar-refractivity contribution in [3.05, 3.63) is 28.3 Å². The molecule has 0 saturated carbocycles. The molecule has 1 rings (SSSR count). The number of nitrogens with one attached hydrogen (secondary N) is 3. The molecule has 0 saturated heterocycles. The number of carbonyl (C=O) groups excluding carboxylic acids is 1. The van der Waals surface area contributed by atoms with Crippen LogP contribution in [0.3, 0.4) is 0 Å². The van der Waals surface area contributed by atoms with Crippen molar-refractivity contribution in [3.8, 4) is 0 Å². The number of hydrogen-bond acceptors (Lipinski definition) is 7. The van der Waals surface area contributed by atoms with E-state index >= 15 is 0 Å². The fourth-order valence-corrected chi connectivity index (χ4v) is 1.60. The lowest BCUT2D eigenvalue weighted by atomic mass is 10.2. The molecule has 5 N–H and O–H groups in total. The Labute approximate surface area is 122 Å². The van der Waals surface area contributed by atoms with Gasteiger partial charge in [0, 0.05) is 44.4 Å². The monoisotopic (exact) mass is 297 g/mol. The Morgan fingerprint density at radius 3 is 2.67 bits per heavy atom. The Morgan fingerprint density at radius 2 is 2.05 bits per heavy atom. The summed E-state index contributed by atoms with van der Waals surface area (Å²) < 4.78 is 4.81. The SMILES string of the molecule is COCCNC(=O)CCNc1cc(NN)cc([N+](=O)[O-])c1. The molecule has 1 aromatic carbocycles. The lowest BCUT2D eigenvalue weighted by Crippen LogP contribution is -2.28. The van der Waals surface area contributed by atoms with Gasteiger partial charge in [0.2, 0.25) is 5.91 Å². The van der Waals surface area contributed by atoms with E-state index in [9.17, 15) is 14.9 Å². The fraction of sp³-hybridized carbons (Fsp3) is 0.417. The largest absolute Gasteiger partial charge is 0.384 e. The minimum atomic E-state index is -0.510. The number of nitrogens with zero attached hydrogens (tertiary/aromatic N) is 1. The van der Waals surface area contributed by atoms with Gasteiger partial charge in [0.15, 0.2) is 0 Å². The Balaban J connectivity index is 2.49. The number of hydrogen-bond donors (Lipinski definition) is 4. The number of ether oxygens (including phenoxy) is 1. The number of methoxy groups -OCH3 is 1. The molecule has 21 heavy (non-hydrogen) atoms. The van der Waals surface area contributed by atoms with Gasteiger partial charge in [-0.05, 0) is 6.07 Å². The first-order valence-corrected chi connectivity index (χ1v) is 6.32. The summed E-state index contributed by atoms with van der Waals surface area (Å²) >= 11 is 0. The predicted octanol–water partition coefficient (Wildman–Crippen LogP) is 0.445. The van der Waals surface area contributed by atoms with Gasteiger partial charge in [-0.15, -0.1) is 0 Å². The third-order valence-corrected chi connectivity index (χ3v) is 2.60. The second-order valence-corrected chi connectivity index (χ2v) is 4.19. The minimum Gasteiger partial charge on any atom is -0.384 e.